The Bertz CT molecular complexity index is 821. The number of aromatic nitrogens is 2. The highest BCUT2D eigenvalue weighted by molar-refractivity contribution is 5.89. The third-order valence-electron chi connectivity index (χ3n) is 9.09. The number of carbonyl (C=O) groups excluding carboxylic acids is 1. The number of Topliss-reactive ketones (excluding diaryl/α,β-unsaturated/α-hetero) is 1. The first kappa shape index (κ1) is 18.5. The first-order valence-corrected chi connectivity index (χ1v) is 11.0. The second-order valence-corrected chi connectivity index (χ2v) is 10.4. The Labute approximate surface area is 167 Å². The molecule has 0 amide bonds. The summed E-state index contributed by atoms with van der Waals surface area (Å²) in [6.45, 7) is 7.11. The van der Waals surface area contributed by atoms with E-state index in [2.05, 4.69) is 36.8 Å². The summed E-state index contributed by atoms with van der Waals surface area (Å²) in [5.41, 5.74) is 1.64. The number of ketones is 1. The molecular weight excluding hydrogens is 348 g/mol. The van der Waals surface area contributed by atoms with E-state index in [1.807, 2.05) is 6.07 Å². The van der Waals surface area contributed by atoms with Gasteiger partial charge in [0.25, 0.3) is 0 Å². The van der Waals surface area contributed by atoms with Crippen LogP contribution in [-0.2, 0) is 4.79 Å². The van der Waals surface area contributed by atoms with Gasteiger partial charge in [-0.1, -0.05) is 32.4 Å². The first-order chi connectivity index (χ1) is 13.3. The third-order valence-corrected chi connectivity index (χ3v) is 9.09. The number of hydrogen-bond donors (Lipinski definition) is 1. The largest absolute Gasteiger partial charge is 0.393 e. The van der Waals surface area contributed by atoms with E-state index in [0.29, 0.717) is 35.9 Å². The van der Waals surface area contributed by atoms with Gasteiger partial charge in [-0.05, 0) is 72.7 Å². The fourth-order valence-electron chi connectivity index (χ4n) is 7.70. The molecule has 3 saturated carbocycles. The second-order valence-electron chi connectivity index (χ2n) is 10.4. The molecule has 0 bridgehead atoms. The standard InChI is InChI=1S/C24H32N2O2/c1-14-11-15-12-16(27)5-7-23(15,2)17-6-8-24(3)18(20(14)17)13-19(28)21(24)22-25-9-4-10-26-22/h4,9-11,14,16-18,20-21,27H,5-8,12-13H2,1-3H3/t14?,16?,17-,18+,20-,21?,23+,24+/m1/s1. The lowest BCUT2D eigenvalue weighted by atomic mass is 9.45. The van der Waals surface area contributed by atoms with Crippen LogP contribution in [-0.4, -0.2) is 27.0 Å². The Balaban J connectivity index is 1.54. The maximum Gasteiger partial charge on any atom is 0.144 e. The number of nitrogens with zero attached hydrogens (tertiary/aromatic N) is 2. The molecule has 4 aliphatic rings. The highest BCUT2D eigenvalue weighted by atomic mass is 16.3. The van der Waals surface area contributed by atoms with Gasteiger partial charge in [0.15, 0.2) is 0 Å². The van der Waals surface area contributed by atoms with Crippen molar-refractivity contribution in [2.24, 2.45) is 34.5 Å². The van der Waals surface area contributed by atoms with Crippen molar-refractivity contribution >= 4 is 5.78 Å². The predicted molar refractivity (Wildman–Crippen MR) is 107 cm³/mol. The van der Waals surface area contributed by atoms with Gasteiger partial charge in [-0.25, -0.2) is 9.97 Å². The monoisotopic (exact) mass is 380 g/mol. The fraction of sp³-hybridized carbons (Fsp3) is 0.708. The number of hydrogen-bond acceptors (Lipinski definition) is 4. The molecule has 0 spiro atoms. The Hall–Kier alpha value is -1.55. The summed E-state index contributed by atoms with van der Waals surface area (Å²) >= 11 is 0. The zero-order chi connectivity index (χ0) is 19.7. The molecule has 3 unspecified atom stereocenters. The Morgan fingerprint density at radius 1 is 1.07 bits per heavy atom. The van der Waals surface area contributed by atoms with Gasteiger partial charge in [-0.3, -0.25) is 4.79 Å². The average Bonchev–Trinajstić information content (AvgIpc) is 2.94. The van der Waals surface area contributed by atoms with Crippen molar-refractivity contribution < 1.29 is 9.90 Å². The highest BCUT2D eigenvalue weighted by Gasteiger charge is 2.63. The van der Waals surface area contributed by atoms with Crippen LogP contribution in [0, 0.1) is 34.5 Å². The molecule has 1 heterocycles. The number of fused-ring (bicyclic) bond motifs is 5. The minimum absolute atomic E-state index is 0.0379. The van der Waals surface area contributed by atoms with Crippen LogP contribution in [0.25, 0.3) is 0 Å². The minimum Gasteiger partial charge on any atom is -0.393 e. The van der Waals surface area contributed by atoms with E-state index in [4.69, 9.17) is 0 Å². The maximum atomic E-state index is 13.2. The summed E-state index contributed by atoms with van der Waals surface area (Å²) in [6.07, 6.45) is 11.6. The first-order valence-electron chi connectivity index (χ1n) is 11.0. The number of carbonyl (C=O) groups is 1. The summed E-state index contributed by atoms with van der Waals surface area (Å²) in [4.78, 5) is 22.2. The van der Waals surface area contributed by atoms with Crippen molar-refractivity contribution in [2.75, 3.05) is 0 Å². The van der Waals surface area contributed by atoms with Crippen LogP contribution in [0.5, 0.6) is 0 Å². The molecule has 4 heteroatoms. The van der Waals surface area contributed by atoms with Crippen molar-refractivity contribution in [3.05, 3.63) is 35.9 Å². The van der Waals surface area contributed by atoms with Gasteiger partial charge in [-0.2, -0.15) is 0 Å². The van der Waals surface area contributed by atoms with Gasteiger partial charge in [0.2, 0.25) is 0 Å². The van der Waals surface area contributed by atoms with Crippen LogP contribution in [0.3, 0.4) is 0 Å². The second kappa shape index (κ2) is 6.22. The molecule has 3 fully saturated rings. The molecule has 8 atom stereocenters. The van der Waals surface area contributed by atoms with Gasteiger partial charge in [0, 0.05) is 18.8 Å². The number of rotatable bonds is 1. The normalized spacial score (nSPS) is 47.7. The lowest BCUT2D eigenvalue weighted by molar-refractivity contribution is -0.119. The van der Waals surface area contributed by atoms with Crippen molar-refractivity contribution in [3.8, 4) is 0 Å². The zero-order valence-electron chi connectivity index (χ0n) is 17.3. The van der Waals surface area contributed by atoms with Crippen LogP contribution in [0.2, 0.25) is 0 Å². The Morgan fingerprint density at radius 3 is 2.57 bits per heavy atom. The summed E-state index contributed by atoms with van der Waals surface area (Å²) in [5, 5.41) is 10.2. The average molecular weight is 381 g/mol. The topological polar surface area (TPSA) is 63.1 Å². The molecule has 0 aliphatic heterocycles. The summed E-state index contributed by atoms with van der Waals surface area (Å²) < 4.78 is 0. The lowest BCUT2D eigenvalue weighted by Crippen LogP contribution is -2.52. The zero-order valence-corrected chi connectivity index (χ0v) is 17.3. The molecule has 0 aromatic carbocycles. The molecule has 4 nitrogen and oxygen atoms in total. The molecule has 0 radical (unpaired) electrons. The van der Waals surface area contributed by atoms with Crippen molar-refractivity contribution in [1.29, 1.82) is 0 Å². The van der Waals surface area contributed by atoms with Crippen LogP contribution < -0.4 is 0 Å². The number of aliphatic hydroxyl groups excluding tert-OH is 1. The van der Waals surface area contributed by atoms with Crippen LogP contribution in [0.4, 0.5) is 0 Å². The molecule has 1 aromatic rings. The summed E-state index contributed by atoms with van der Waals surface area (Å²) in [7, 11) is 0. The molecule has 28 heavy (non-hydrogen) atoms. The SMILES string of the molecule is CC1C=C2CC(O)CC[C@]2(C)[C@@H]2CC[C@]3(C)C(c4ncccn4)C(=O)C[C@H]3[C@H]12. The van der Waals surface area contributed by atoms with Gasteiger partial charge in [0.05, 0.1) is 12.0 Å². The summed E-state index contributed by atoms with van der Waals surface area (Å²) in [6, 6.07) is 1.83. The van der Waals surface area contributed by atoms with Crippen LogP contribution in [0.15, 0.2) is 30.1 Å². The Morgan fingerprint density at radius 2 is 1.82 bits per heavy atom. The van der Waals surface area contributed by atoms with E-state index in [9.17, 15) is 9.90 Å². The molecule has 1 aromatic heterocycles. The van der Waals surface area contributed by atoms with E-state index in [-0.39, 0.29) is 22.9 Å². The lowest BCUT2D eigenvalue weighted by Gasteiger charge is -2.59. The van der Waals surface area contributed by atoms with Crippen molar-refractivity contribution in [2.45, 2.75) is 71.3 Å². The van der Waals surface area contributed by atoms with Gasteiger partial charge in [-0.15, -0.1) is 0 Å². The summed E-state index contributed by atoms with van der Waals surface area (Å²) in [5.74, 6) is 2.94. The number of aliphatic hydroxyl groups is 1. The van der Waals surface area contributed by atoms with E-state index < -0.39 is 0 Å². The molecule has 150 valence electrons. The van der Waals surface area contributed by atoms with Gasteiger partial charge >= 0.3 is 0 Å². The molecule has 5 rings (SSSR count). The van der Waals surface area contributed by atoms with Gasteiger partial charge < -0.3 is 5.11 Å². The number of allylic oxidation sites excluding steroid dienone is 1. The van der Waals surface area contributed by atoms with E-state index >= 15 is 0 Å². The molecule has 0 saturated heterocycles. The Kier molecular flexibility index (Phi) is 4.11. The predicted octanol–water partition coefficient (Wildman–Crippen LogP) is 4.31. The van der Waals surface area contributed by atoms with E-state index in [1.165, 1.54) is 12.0 Å². The molecular formula is C24H32N2O2. The molecule has 1 N–H and O–H groups in total. The molecule has 4 aliphatic carbocycles. The van der Waals surface area contributed by atoms with E-state index in [0.717, 1.165) is 31.5 Å². The smallest absolute Gasteiger partial charge is 0.144 e. The maximum absolute atomic E-state index is 13.2. The van der Waals surface area contributed by atoms with Gasteiger partial charge in [0.1, 0.15) is 11.6 Å². The van der Waals surface area contributed by atoms with Crippen LogP contribution in [0.1, 0.15) is 71.0 Å². The minimum atomic E-state index is -0.176. The fourth-order valence-corrected chi connectivity index (χ4v) is 7.70. The van der Waals surface area contributed by atoms with E-state index in [1.54, 1.807) is 12.4 Å². The third kappa shape index (κ3) is 2.43. The van der Waals surface area contributed by atoms with Crippen molar-refractivity contribution in [3.63, 3.8) is 0 Å². The highest BCUT2D eigenvalue weighted by Crippen LogP contribution is 2.67. The van der Waals surface area contributed by atoms with Crippen molar-refractivity contribution in [1.82, 2.24) is 9.97 Å². The van der Waals surface area contributed by atoms with Crippen LogP contribution >= 0.6 is 0 Å². The quantitative estimate of drug-likeness (QED) is 0.738.